The Balaban J connectivity index is 2.30. The van der Waals surface area contributed by atoms with Gasteiger partial charge >= 0.3 is 0 Å². The first-order valence-electron chi connectivity index (χ1n) is 5.91. The molecule has 0 fully saturated rings. The number of aryl methyl sites for hydroxylation is 1. The van der Waals surface area contributed by atoms with Crippen molar-refractivity contribution in [2.75, 3.05) is 6.54 Å². The SMILES string of the molecule is CCCC(CN)c1nc(-c2cccs2)nn1C. The maximum Gasteiger partial charge on any atom is 0.191 e. The van der Waals surface area contributed by atoms with E-state index < -0.39 is 0 Å². The standard InChI is InChI=1S/C12H18N4S/c1-3-5-9(8-13)12-14-11(15-16(12)2)10-6-4-7-17-10/h4,6-7,9H,3,5,8,13H2,1-2H3. The average Bonchev–Trinajstić information content (AvgIpc) is 2.95. The van der Waals surface area contributed by atoms with Crippen LogP contribution in [0.25, 0.3) is 10.7 Å². The number of aromatic nitrogens is 3. The number of hydrogen-bond acceptors (Lipinski definition) is 4. The van der Waals surface area contributed by atoms with Crippen LogP contribution in [-0.4, -0.2) is 21.3 Å². The number of rotatable bonds is 5. The largest absolute Gasteiger partial charge is 0.330 e. The summed E-state index contributed by atoms with van der Waals surface area (Å²) in [7, 11) is 1.94. The summed E-state index contributed by atoms with van der Waals surface area (Å²) in [5.41, 5.74) is 5.81. The molecule has 0 saturated heterocycles. The smallest absolute Gasteiger partial charge is 0.191 e. The van der Waals surface area contributed by atoms with Crippen molar-refractivity contribution in [2.45, 2.75) is 25.7 Å². The summed E-state index contributed by atoms with van der Waals surface area (Å²) in [6, 6.07) is 4.06. The molecule has 2 heterocycles. The van der Waals surface area contributed by atoms with Crippen LogP contribution in [0.3, 0.4) is 0 Å². The van der Waals surface area contributed by atoms with E-state index in [2.05, 4.69) is 17.0 Å². The molecule has 5 heteroatoms. The van der Waals surface area contributed by atoms with Gasteiger partial charge < -0.3 is 5.73 Å². The molecule has 0 aliphatic carbocycles. The molecule has 0 aromatic carbocycles. The minimum atomic E-state index is 0.311. The zero-order valence-corrected chi connectivity index (χ0v) is 11.1. The fourth-order valence-electron chi connectivity index (χ4n) is 1.96. The zero-order valence-electron chi connectivity index (χ0n) is 10.3. The summed E-state index contributed by atoms with van der Waals surface area (Å²) in [6.07, 6.45) is 2.18. The molecule has 2 aromatic rings. The lowest BCUT2D eigenvalue weighted by molar-refractivity contribution is 0.551. The fourth-order valence-corrected chi connectivity index (χ4v) is 2.62. The van der Waals surface area contributed by atoms with Gasteiger partial charge in [0.1, 0.15) is 5.82 Å². The molecule has 0 radical (unpaired) electrons. The molecule has 0 spiro atoms. The van der Waals surface area contributed by atoms with E-state index in [0.29, 0.717) is 12.5 Å². The van der Waals surface area contributed by atoms with Crippen molar-refractivity contribution in [1.29, 1.82) is 0 Å². The van der Waals surface area contributed by atoms with Gasteiger partial charge in [-0.05, 0) is 17.9 Å². The Kier molecular flexibility index (Phi) is 3.91. The van der Waals surface area contributed by atoms with Crippen molar-refractivity contribution in [3.8, 4) is 10.7 Å². The average molecular weight is 250 g/mol. The second-order valence-corrected chi connectivity index (χ2v) is 5.06. The molecule has 0 saturated carbocycles. The molecule has 2 rings (SSSR count). The highest BCUT2D eigenvalue weighted by molar-refractivity contribution is 7.13. The summed E-state index contributed by atoms with van der Waals surface area (Å²) >= 11 is 1.66. The third-order valence-corrected chi connectivity index (χ3v) is 3.69. The van der Waals surface area contributed by atoms with E-state index in [1.54, 1.807) is 11.3 Å². The highest BCUT2D eigenvalue weighted by atomic mass is 32.1. The monoisotopic (exact) mass is 250 g/mol. The van der Waals surface area contributed by atoms with Gasteiger partial charge in [0, 0.05) is 19.5 Å². The molecule has 0 bridgehead atoms. The first-order chi connectivity index (χ1) is 8.26. The Labute approximate surface area is 105 Å². The Hall–Kier alpha value is -1.20. The lowest BCUT2D eigenvalue weighted by atomic mass is 10.0. The highest BCUT2D eigenvalue weighted by Gasteiger charge is 2.17. The highest BCUT2D eigenvalue weighted by Crippen LogP contribution is 2.24. The van der Waals surface area contributed by atoms with Crippen LogP contribution in [0.4, 0.5) is 0 Å². The summed E-state index contributed by atoms with van der Waals surface area (Å²) in [6.45, 7) is 2.80. The Morgan fingerprint density at radius 1 is 1.53 bits per heavy atom. The van der Waals surface area contributed by atoms with E-state index in [4.69, 9.17) is 5.73 Å². The number of hydrogen-bond donors (Lipinski definition) is 1. The van der Waals surface area contributed by atoms with Crippen LogP contribution in [0.5, 0.6) is 0 Å². The minimum Gasteiger partial charge on any atom is -0.330 e. The van der Waals surface area contributed by atoms with E-state index in [1.165, 1.54) is 0 Å². The van der Waals surface area contributed by atoms with E-state index in [9.17, 15) is 0 Å². The van der Waals surface area contributed by atoms with Gasteiger partial charge in [-0.25, -0.2) is 4.98 Å². The number of nitrogens with two attached hydrogens (primary N) is 1. The first kappa shape index (κ1) is 12.3. The van der Waals surface area contributed by atoms with Gasteiger partial charge in [0.15, 0.2) is 5.82 Å². The molecule has 2 N–H and O–H groups in total. The molecule has 2 aromatic heterocycles. The molecule has 17 heavy (non-hydrogen) atoms. The molecule has 0 amide bonds. The number of nitrogens with zero attached hydrogens (tertiary/aromatic N) is 3. The van der Waals surface area contributed by atoms with Gasteiger partial charge in [-0.1, -0.05) is 19.4 Å². The van der Waals surface area contributed by atoms with Gasteiger partial charge in [-0.3, -0.25) is 4.68 Å². The van der Waals surface area contributed by atoms with Crippen molar-refractivity contribution in [3.63, 3.8) is 0 Å². The van der Waals surface area contributed by atoms with E-state index in [-0.39, 0.29) is 0 Å². The molecule has 1 atom stereocenters. The Bertz CT molecular complexity index is 461. The summed E-state index contributed by atoms with van der Waals surface area (Å²) in [5, 5.41) is 6.50. The predicted molar refractivity (Wildman–Crippen MR) is 71.0 cm³/mol. The van der Waals surface area contributed by atoms with Crippen molar-refractivity contribution in [1.82, 2.24) is 14.8 Å². The van der Waals surface area contributed by atoms with Gasteiger partial charge in [-0.15, -0.1) is 11.3 Å². The molecular weight excluding hydrogens is 232 g/mol. The van der Waals surface area contributed by atoms with E-state index in [1.807, 2.05) is 29.2 Å². The normalized spacial score (nSPS) is 12.9. The minimum absolute atomic E-state index is 0.311. The Morgan fingerprint density at radius 3 is 2.94 bits per heavy atom. The Morgan fingerprint density at radius 2 is 2.35 bits per heavy atom. The first-order valence-corrected chi connectivity index (χ1v) is 6.79. The van der Waals surface area contributed by atoms with Crippen LogP contribution in [0.15, 0.2) is 17.5 Å². The van der Waals surface area contributed by atoms with Crippen LogP contribution in [0.2, 0.25) is 0 Å². The number of thiophene rings is 1. The molecule has 0 aliphatic heterocycles. The van der Waals surface area contributed by atoms with Crippen LogP contribution in [0, 0.1) is 0 Å². The summed E-state index contributed by atoms with van der Waals surface area (Å²) < 4.78 is 1.86. The van der Waals surface area contributed by atoms with Crippen LogP contribution >= 0.6 is 11.3 Å². The second-order valence-electron chi connectivity index (χ2n) is 4.12. The molecule has 0 aliphatic rings. The second kappa shape index (κ2) is 5.42. The van der Waals surface area contributed by atoms with Crippen molar-refractivity contribution >= 4 is 11.3 Å². The third kappa shape index (κ3) is 2.56. The quantitative estimate of drug-likeness (QED) is 0.886. The van der Waals surface area contributed by atoms with Crippen LogP contribution in [0.1, 0.15) is 31.5 Å². The van der Waals surface area contributed by atoms with Gasteiger partial charge in [0.05, 0.1) is 4.88 Å². The van der Waals surface area contributed by atoms with Gasteiger partial charge in [0.2, 0.25) is 0 Å². The fraction of sp³-hybridized carbons (Fsp3) is 0.500. The maximum absolute atomic E-state index is 5.81. The van der Waals surface area contributed by atoms with Gasteiger partial charge in [0.25, 0.3) is 0 Å². The van der Waals surface area contributed by atoms with Crippen LogP contribution < -0.4 is 5.73 Å². The lowest BCUT2D eigenvalue weighted by Crippen LogP contribution is -2.16. The summed E-state index contributed by atoms with van der Waals surface area (Å²) in [4.78, 5) is 5.73. The van der Waals surface area contributed by atoms with E-state index >= 15 is 0 Å². The molecule has 92 valence electrons. The van der Waals surface area contributed by atoms with Gasteiger partial charge in [-0.2, -0.15) is 5.10 Å². The maximum atomic E-state index is 5.81. The predicted octanol–water partition coefficient (Wildman–Crippen LogP) is 2.39. The lowest BCUT2D eigenvalue weighted by Gasteiger charge is -2.11. The third-order valence-electron chi connectivity index (χ3n) is 2.83. The van der Waals surface area contributed by atoms with Crippen LogP contribution in [-0.2, 0) is 7.05 Å². The topological polar surface area (TPSA) is 56.7 Å². The molecular formula is C12H18N4S. The van der Waals surface area contributed by atoms with E-state index in [0.717, 1.165) is 29.4 Å². The van der Waals surface area contributed by atoms with Crippen molar-refractivity contribution < 1.29 is 0 Å². The van der Waals surface area contributed by atoms with Crippen molar-refractivity contribution in [2.24, 2.45) is 12.8 Å². The zero-order chi connectivity index (χ0) is 12.3. The molecule has 4 nitrogen and oxygen atoms in total. The summed E-state index contributed by atoms with van der Waals surface area (Å²) in [5.74, 6) is 2.12. The molecule has 1 unspecified atom stereocenters. The van der Waals surface area contributed by atoms with Crippen molar-refractivity contribution in [3.05, 3.63) is 23.3 Å².